The van der Waals surface area contributed by atoms with Crippen molar-refractivity contribution in [3.8, 4) is 0 Å². The van der Waals surface area contributed by atoms with Crippen LogP contribution >= 0.6 is 0 Å². The van der Waals surface area contributed by atoms with E-state index in [-0.39, 0.29) is 25.2 Å². The summed E-state index contributed by atoms with van der Waals surface area (Å²) in [6, 6.07) is -0.163. The Bertz CT molecular complexity index is 334. The minimum absolute atomic E-state index is 0.148. The number of ether oxygens (including phenoxy) is 1. The molecule has 0 atom stereocenters. The number of carboxylic acids is 1. The lowest BCUT2D eigenvalue weighted by Gasteiger charge is -2.35. The molecule has 0 aliphatic heterocycles. The second-order valence-electron chi connectivity index (χ2n) is 6.20. The molecule has 1 rings (SSSR count). The topological polar surface area (TPSA) is 78.9 Å². The average Bonchev–Trinajstić information content (AvgIpc) is 2.36. The van der Waals surface area contributed by atoms with Gasteiger partial charge >= 0.3 is 12.0 Å². The van der Waals surface area contributed by atoms with Gasteiger partial charge in [0.05, 0.1) is 6.61 Å². The van der Waals surface area contributed by atoms with Crippen molar-refractivity contribution in [2.24, 2.45) is 5.41 Å². The SMILES string of the molecule is COCCN(CC(=O)O)C(=O)NC1CCC(C)(C)CC1. The minimum Gasteiger partial charge on any atom is -0.480 e. The molecule has 0 heterocycles. The predicted octanol–water partition coefficient (Wildman–Crippen LogP) is 1.70. The van der Waals surface area contributed by atoms with Crippen molar-refractivity contribution >= 4 is 12.0 Å². The van der Waals surface area contributed by atoms with Crippen LogP contribution in [0.5, 0.6) is 0 Å². The normalized spacial score (nSPS) is 18.6. The first-order chi connectivity index (χ1) is 9.34. The standard InChI is InChI=1S/C14H26N2O4/c1-14(2)6-4-11(5-7-14)15-13(19)16(8-9-20-3)10-12(17)18/h11H,4-10H2,1-3H3,(H,15,19)(H,17,18). The van der Waals surface area contributed by atoms with Crippen molar-refractivity contribution in [1.82, 2.24) is 10.2 Å². The molecule has 1 fully saturated rings. The van der Waals surface area contributed by atoms with Crippen molar-refractivity contribution in [3.05, 3.63) is 0 Å². The summed E-state index contributed by atoms with van der Waals surface area (Å²) in [5, 5.41) is 11.8. The predicted molar refractivity (Wildman–Crippen MR) is 75.7 cm³/mol. The van der Waals surface area contributed by atoms with E-state index in [0.29, 0.717) is 12.0 Å². The number of carbonyl (C=O) groups excluding carboxylic acids is 1. The average molecular weight is 286 g/mol. The summed E-state index contributed by atoms with van der Waals surface area (Å²) in [5.41, 5.74) is 0.345. The van der Waals surface area contributed by atoms with Crippen LogP contribution in [0.25, 0.3) is 0 Å². The zero-order chi connectivity index (χ0) is 15.2. The Kier molecular flexibility index (Phi) is 6.26. The molecule has 0 aromatic carbocycles. The number of rotatable bonds is 6. The number of amides is 2. The van der Waals surface area contributed by atoms with E-state index < -0.39 is 5.97 Å². The third-order valence-electron chi connectivity index (χ3n) is 3.85. The number of aliphatic carboxylic acids is 1. The highest BCUT2D eigenvalue weighted by molar-refractivity contribution is 5.80. The fourth-order valence-electron chi connectivity index (χ4n) is 2.43. The summed E-state index contributed by atoms with van der Waals surface area (Å²) in [6.45, 7) is 4.79. The molecule has 6 heteroatoms. The second-order valence-corrected chi connectivity index (χ2v) is 6.20. The molecule has 2 N–H and O–H groups in total. The number of carbonyl (C=O) groups is 2. The molecule has 0 radical (unpaired) electrons. The molecule has 0 saturated heterocycles. The molecule has 1 aliphatic carbocycles. The summed E-state index contributed by atoms with van der Waals surface area (Å²) in [7, 11) is 1.53. The van der Waals surface area contributed by atoms with Crippen molar-refractivity contribution in [1.29, 1.82) is 0 Å². The van der Waals surface area contributed by atoms with E-state index in [0.717, 1.165) is 25.7 Å². The number of methoxy groups -OCH3 is 1. The maximum atomic E-state index is 12.1. The summed E-state index contributed by atoms with van der Waals surface area (Å²) < 4.78 is 4.91. The largest absolute Gasteiger partial charge is 0.480 e. The van der Waals surface area contributed by atoms with E-state index in [1.54, 1.807) is 0 Å². The fraction of sp³-hybridized carbons (Fsp3) is 0.857. The number of nitrogens with zero attached hydrogens (tertiary/aromatic N) is 1. The Morgan fingerprint density at radius 3 is 2.45 bits per heavy atom. The van der Waals surface area contributed by atoms with Gasteiger partial charge in [-0.25, -0.2) is 4.79 Å². The van der Waals surface area contributed by atoms with E-state index in [2.05, 4.69) is 19.2 Å². The molecular weight excluding hydrogens is 260 g/mol. The highest BCUT2D eigenvalue weighted by atomic mass is 16.5. The smallest absolute Gasteiger partial charge is 0.323 e. The molecule has 0 unspecified atom stereocenters. The van der Waals surface area contributed by atoms with E-state index in [1.807, 2.05) is 0 Å². The molecule has 1 saturated carbocycles. The van der Waals surface area contributed by atoms with Crippen LogP contribution in [0.15, 0.2) is 0 Å². The Labute approximate surface area is 120 Å². The molecule has 0 aromatic heterocycles. The molecule has 6 nitrogen and oxygen atoms in total. The number of hydrogen-bond acceptors (Lipinski definition) is 3. The summed E-state index contributed by atoms with van der Waals surface area (Å²) in [4.78, 5) is 24.2. The van der Waals surface area contributed by atoms with Gasteiger partial charge in [0.25, 0.3) is 0 Å². The highest BCUT2D eigenvalue weighted by Crippen LogP contribution is 2.34. The lowest BCUT2D eigenvalue weighted by Crippen LogP contribution is -2.49. The van der Waals surface area contributed by atoms with Gasteiger partial charge < -0.3 is 20.1 Å². The van der Waals surface area contributed by atoms with Crippen molar-refractivity contribution in [2.45, 2.75) is 45.6 Å². The molecular formula is C14H26N2O4. The highest BCUT2D eigenvalue weighted by Gasteiger charge is 2.28. The fourth-order valence-corrected chi connectivity index (χ4v) is 2.43. The molecule has 1 aliphatic rings. The van der Waals surface area contributed by atoms with Crippen LogP contribution in [0.2, 0.25) is 0 Å². The van der Waals surface area contributed by atoms with Gasteiger partial charge in [0.2, 0.25) is 0 Å². The van der Waals surface area contributed by atoms with Crippen LogP contribution in [0.3, 0.4) is 0 Å². The third-order valence-corrected chi connectivity index (χ3v) is 3.85. The Morgan fingerprint density at radius 1 is 1.35 bits per heavy atom. The second kappa shape index (κ2) is 7.47. The van der Waals surface area contributed by atoms with Gasteiger partial charge in [-0.3, -0.25) is 4.79 Å². The lowest BCUT2D eigenvalue weighted by atomic mass is 9.75. The van der Waals surface area contributed by atoms with E-state index in [4.69, 9.17) is 9.84 Å². The Morgan fingerprint density at radius 2 is 1.95 bits per heavy atom. The van der Waals surface area contributed by atoms with Gasteiger partial charge in [0.15, 0.2) is 0 Å². The molecule has 0 bridgehead atoms. The zero-order valence-electron chi connectivity index (χ0n) is 12.6. The van der Waals surface area contributed by atoms with Crippen molar-refractivity contribution in [3.63, 3.8) is 0 Å². The summed E-state index contributed by atoms with van der Waals surface area (Å²) in [5.74, 6) is -1.01. The Hall–Kier alpha value is -1.30. The first kappa shape index (κ1) is 16.8. The van der Waals surface area contributed by atoms with Crippen LogP contribution in [0, 0.1) is 5.41 Å². The number of urea groups is 1. The first-order valence-corrected chi connectivity index (χ1v) is 7.10. The van der Waals surface area contributed by atoms with Crippen LogP contribution in [-0.2, 0) is 9.53 Å². The zero-order valence-corrected chi connectivity index (χ0v) is 12.6. The quantitative estimate of drug-likeness (QED) is 0.779. The van der Waals surface area contributed by atoms with E-state index >= 15 is 0 Å². The maximum absolute atomic E-state index is 12.1. The first-order valence-electron chi connectivity index (χ1n) is 7.10. The maximum Gasteiger partial charge on any atom is 0.323 e. The van der Waals surface area contributed by atoms with Gasteiger partial charge in [0.1, 0.15) is 6.54 Å². The number of carboxylic acid groups (broad SMARTS) is 1. The molecule has 0 spiro atoms. The third kappa shape index (κ3) is 5.77. The van der Waals surface area contributed by atoms with Crippen LogP contribution in [-0.4, -0.2) is 54.9 Å². The van der Waals surface area contributed by atoms with Gasteiger partial charge in [-0.05, 0) is 31.1 Å². The van der Waals surface area contributed by atoms with Gasteiger partial charge in [-0.2, -0.15) is 0 Å². The van der Waals surface area contributed by atoms with Crippen molar-refractivity contribution < 1.29 is 19.4 Å². The monoisotopic (exact) mass is 286 g/mol. The van der Waals surface area contributed by atoms with Gasteiger partial charge in [-0.1, -0.05) is 13.8 Å². The van der Waals surface area contributed by atoms with Crippen molar-refractivity contribution in [2.75, 3.05) is 26.8 Å². The number of hydrogen-bond donors (Lipinski definition) is 2. The van der Waals surface area contributed by atoms with Gasteiger partial charge in [-0.15, -0.1) is 0 Å². The van der Waals surface area contributed by atoms with E-state index in [9.17, 15) is 9.59 Å². The number of nitrogens with one attached hydrogen (secondary N) is 1. The van der Waals surface area contributed by atoms with Gasteiger partial charge in [0, 0.05) is 19.7 Å². The minimum atomic E-state index is -1.01. The molecule has 2 amide bonds. The lowest BCUT2D eigenvalue weighted by molar-refractivity contribution is -0.137. The molecule has 116 valence electrons. The van der Waals surface area contributed by atoms with Crippen LogP contribution < -0.4 is 5.32 Å². The molecule has 0 aromatic rings. The van der Waals surface area contributed by atoms with Crippen LogP contribution in [0.4, 0.5) is 4.79 Å². The van der Waals surface area contributed by atoms with E-state index in [1.165, 1.54) is 12.0 Å². The van der Waals surface area contributed by atoms with Crippen LogP contribution in [0.1, 0.15) is 39.5 Å². The Balaban J connectivity index is 2.46. The summed E-state index contributed by atoms with van der Waals surface area (Å²) >= 11 is 0. The summed E-state index contributed by atoms with van der Waals surface area (Å²) in [6.07, 6.45) is 4.05. The molecule has 20 heavy (non-hydrogen) atoms.